The number of aliphatic imine (C=N–C) groups is 1. The van der Waals surface area contributed by atoms with Gasteiger partial charge in [-0.25, -0.2) is 4.98 Å². The van der Waals surface area contributed by atoms with Crippen LogP contribution in [0, 0.1) is 5.92 Å². The van der Waals surface area contributed by atoms with Gasteiger partial charge in [-0.15, -0.1) is 24.0 Å². The molecule has 1 fully saturated rings. The summed E-state index contributed by atoms with van der Waals surface area (Å²) >= 11 is 0. The third-order valence-corrected chi connectivity index (χ3v) is 6.60. The van der Waals surface area contributed by atoms with Crippen LogP contribution in [0.25, 0.3) is 0 Å². The van der Waals surface area contributed by atoms with Crippen molar-refractivity contribution in [3.05, 3.63) is 18.7 Å². The van der Waals surface area contributed by atoms with Crippen molar-refractivity contribution in [1.82, 2.24) is 19.8 Å². The molecular weight excluding hydrogens is 461 g/mol. The average molecular weight is 495 g/mol. The molecule has 6 nitrogen and oxygen atoms in total. The van der Waals surface area contributed by atoms with Gasteiger partial charge in [0.25, 0.3) is 0 Å². The summed E-state index contributed by atoms with van der Waals surface area (Å²) in [5.41, 5.74) is 0. The van der Waals surface area contributed by atoms with Gasteiger partial charge in [0.2, 0.25) is 0 Å². The molecule has 0 spiro atoms. The third kappa shape index (κ3) is 6.51. The Morgan fingerprint density at radius 3 is 2.73 bits per heavy atom. The second-order valence-electron chi connectivity index (χ2n) is 7.69. The van der Waals surface area contributed by atoms with Crippen molar-refractivity contribution < 1.29 is 4.21 Å². The summed E-state index contributed by atoms with van der Waals surface area (Å²) in [6.07, 6.45) is 6.91. The van der Waals surface area contributed by atoms with Gasteiger partial charge < -0.3 is 14.8 Å². The van der Waals surface area contributed by atoms with Gasteiger partial charge in [-0.1, -0.05) is 6.92 Å². The van der Waals surface area contributed by atoms with E-state index in [1.54, 1.807) is 0 Å². The molecule has 3 unspecified atom stereocenters. The lowest BCUT2D eigenvalue weighted by molar-refractivity contribution is 0.189. The Morgan fingerprint density at radius 1 is 1.42 bits per heavy atom. The van der Waals surface area contributed by atoms with E-state index in [9.17, 15) is 4.21 Å². The molecule has 26 heavy (non-hydrogen) atoms. The molecule has 1 saturated heterocycles. The Bertz CT molecular complexity index is 585. The maximum atomic E-state index is 12.2. The fraction of sp³-hybridized carbons (Fsp3) is 0.778. The molecule has 0 aromatic carbocycles. The monoisotopic (exact) mass is 495 g/mol. The lowest BCUT2D eigenvalue weighted by atomic mass is 9.93. The first kappa shape index (κ1) is 23.4. The van der Waals surface area contributed by atoms with Crippen LogP contribution in [0.2, 0.25) is 0 Å². The van der Waals surface area contributed by atoms with Crippen molar-refractivity contribution in [2.75, 3.05) is 31.9 Å². The first-order valence-electron chi connectivity index (χ1n) is 9.22. The van der Waals surface area contributed by atoms with Crippen molar-refractivity contribution in [1.29, 1.82) is 0 Å². The van der Waals surface area contributed by atoms with Crippen LogP contribution in [0.4, 0.5) is 0 Å². The van der Waals surface area contributed by atoms with E-state index in [0.717, 1.165) is 32.0 Å². The number of hydrogen-bond acceptors (Lipinski definition) is 3. The molecule has 1 aromatic rings. The van der Waals surface area contributed by atoms with Crippen LogP contribution < -0.4 is 5.32 Å². The van der Waals surface area contributed by atoms with Crippen LogP contribution in [0.15, 0.2) is 23.7 Å². The van der Waals surface area contributed by atoms with E-state index in [1.165, 1.54) is 0 Å². The number of halogens is 1. The van der Waals surface area contributed by atoms with E-state index in [1.807, 2.05) is 39.5 Å². The Hall–Kier alpha value is -0.640. The number of nitrogens with zero attached hydrogens (tertiary/aromatic N) is 4. The second kappa shape index (κ2) is 10.6. The summed E-state index contributed by atoms with van der Waals surface area (Å²) < 4.78 is 14.3. The average Bonchev–Trinajstić information content (AvgIpc) is 3.08. The maximum Gasteiger partial charge on any atom is 0.194 e. The molecule has 1 N–H and O–H groups in total. The highest BCUT2D eigenvalue weighted by molar-refractivity contribution is 14.0. The smallest absolute Gasteiger partial charge is 0.194 e. The Kier molecular flexibility index (Phi) is 9.57. The van der Waals surface area contributed by atoms with Crippen molar-refractivity contribution in [3.63, 3.8) is 0 Å². The van der Waals surface area contributed by atoms with Crippen LogP contribution >= 0.6 is 24.0 Å². The van der Waals surface area contributed by atoms with Crippen molar-refractivity contribution in [2.24, 2.45) is 10.9 Å². The highest BCUT2D eigenvalue weighted by Gasteiger charge is 2.29. The number of likely N-dealkylation sites (tertiary alicyclic amines) is 1. The lowest BCUT2D eigenvalue weighted by Crippen LogP contribution is -2.49. The minimum absolute atomic E-state index is 0. The Balaban J connectivity index is 0.00000338. The third-order valence-electron chi connectivity index (χ3n) is 4.68. The quantitative estimate of drug-likeness (QED) is 0.388. The molecule has 3 atom stereocenters. The molecule has 2 heterocycles. The highest BCUT2D eigenvalue weighted by atomic mass is 127. The van der Waals surface area contributed by atoms with Gasteiger partial charge >= 0.3 is 0 Å². The fourth-order valence-electron chi connectivity index (χ4n) is 3.06. The van der Waals surface area contributed by atoms with E-state index < -0.39 is 10.8 Å². The molecule has 0 radical (unpaired) electrons. The van der Waals surface area contributed by atoms with Gasteiger partial charge in [0.05, 0.1) is 18.9 Å². The van der Waals surface area contributed by atoms with Gasteiger partial charge in [-0.2, -0.15) is 0 Å². The zero-order valence-corrected chi connectivity index (χ0v) is 19.8. The Labute approximate surface area is 177 Å². The predicted octanol–water partition coefficient (Wildman–Crippen LogP) is 2.90. The van der Waals surface area contributed by atoms with Crippen molar-refractivity contribution in [2.45, 2.75) is 51.8 Å². The molecule has 1 aliphatic heterocycles. The Morgan fingerprint density at radius 2 is 2.15 bits per heavy atom. The second-order valence-corrected chi connectivity index (χ2v) is 10.0. The van der Waals surface area contributed by atoms with Crippen LogP contribution in [0.5, 0.6) is 0 Å². The first-order chi connectivity index (χ1) is 11.8. The largest absolute Gasteiger partial charge is 0.357 e. The normalized spacial score (nSPS) is 22.7. The van der Waals surface area contributed by atoms with Crippen molar-refractivity contribution in [3.8, 4) is 0 Å². The number of nitrogens with one attached hydrogen (secondary N) is 1. The van der Waals surface area contributed by atoms with Gasteiger partial charge in [-0.05, 0) is 40.0 Å². The number of piperidine rings is 1. The minimum atomic E-state index is -0.865. The molecule has 2 rings (SSSR count). The highest BCUT2D eigenvalue weighted by Crippen LogP contribution is 2.27. The number of rotatable bonds is 5. The van der Waals surface area contributed by atoms with Gasteiger partial charge in [0, 0.05) is 53.3 Å². The summed E-state index contributed by atoms with van der Waals surface area (Å²) in [5, 5.41) is 3.40. The molecule has 0 amide bonds. The van der Waals surface area contributed by atoms with Crippen molar-refractivity contribution >= 4 is 40.7 Å². The number of imidazole rings is 1. The predicted molar refractivity (Wildman–Crippen MR) is 121 cm³/mol. The minimum Gasteiger partial charge on any atom is -0.357 e. The van der Waals surface area contributed by atoms with Crippen LogP contribution in [-0.2, 0) is 10.8 Å². The zero-order chi connectivity index (χ0) is 18.4. The van der Waals surface area contributed by atoms with Crippen LogP contribution in [0.1, 0.15) is 47.1 Å². The molecule has 8 heteroatoms. The molecule has 0 saturated carbocycles. The van der Waals surface area contributed by atoms with Gasteiger partial charge in [0.15, 0.2) is 5.96 Å². The molecule has 1 aromatic heterocycles. The van der Waals surface area contributed by atoms with Gasteiger partial charge in [0.1, 0.15) is 0 Å². The number of hydrogen-bond donors (Lipinski definition) is 1. The summed E-state index contributed by atoms with van der Waals surface area (Å²) in [7, 11) is -0.865. The van der Waals surface area contributed by atoms with Gasteiger partial charge in [-0.3, -0.25) is 9.20 Å². The molecular formula is C18H34IN5OS. The van der Waals surface area contributed by atoms with E-state index in [4.69, 9.17) is 4.99 Å². The summed E-state index contributed by atoms with van der Waals surface area (Å²) in [6, 6.07) is 0.406. The summed E-state index contributed by atoms with van der Waals surface area (Å²) in [6.45, 7) is 13.8. The molecule has 0 bridgehead atoms. The number of aromatic nitrogens is 2. The van der Waals surface area contributed by atoms with E-state index >= 15 is 0 Å². The standard InChI is InChI=1S/C18H33N5OS.HI/c1-6-20-17(21-9-12-25(24)18(3,4)5)22-10-7-15(2)16(13-22)23-11-8-19-14-23;/h8,11,14-16H,6-7,9-10,12-13H2,1-5H3,(H,20,21);1H. The molecule has 0 aliphatic carbocycles. The van der Waals surface area contributed by atoms with E-state index in [-0.39, 0.29) is 28.7 Å². The SMILES string of the molecule is CCNC(=NCCS(=O)C(C)(C)C)N1CCC(C)C(n2ccnc2)C1.I. The topological polar surface area (TPSA) is 62.5 Å². The summed E-state index contributed by atoms with van der Waals surface area (Å²) in [4.78, 5) is 11.3. The molecule has 150 valence electrons. The first-order valence-corrected chi connectivity index (χ1v) is 10.5. The summed E-state index contributed by atoms with van der Waals surface area (Å²) in [5.74, 6) is 2.15. The zero-order valence-electron chi connectivity index (χ0n) is 16.6. The number of guanidine groups is 1. The lowest BCUT2D eigenvalue weighted by Gasteiger charge is -2.39. The van der Waals surface area contributed by atoms with Crippen LogP contribution in [-0.4, -0.2) is 61.3 Å². The van der Waals surface area contributed by atoms with Crippen LogP contribution in [0.3, 0.4) is 0 Å². The molecule has 1 aliphatic rings. The van der Waals surface area contributed by atoms with E-state index in [0.29, 0.717) is 24.3 Å². The fourth-order valence-corrected chi connectivity index (χ4v) is 3.93. The van der Waals surface area contributed by atoms with E-state index in [2.05, 4.69) is 33.6 Å². The maximum absolute atomic E-state index is 12.2.